The highest BCUT2D eigenvalue weighted by Gasteiger charge is 2.30. The second-order valence-electron chi connectivity index (χ2n) is 5.24. The van der Waals surface area contributed by atoms with Gasteiger partial charge in [0.2, 0.25) is 0 Å². The molecule has 5 nitrogen and oxygen atoms in total. The standard InChI is InChI=1S/C16H13F3N4OS2/c1-2-23(12-8-7-11-13(22-12)26-15(25)21-11)14(24)20-10-5-3-9(4-6-10)16(17,18)19/h3-8H,2H2,1H3,(H,20,24)(H,21,25). The van der Waals surface area contributed by atoms with E-state index in [1.807, 2.05) is 0 Å². The number of hydrogen-bond donors (Lipinski definition) is 2. The molecule has 0 unspecified atom stereocenters. The summed E-state index contributed by atoms with van der Waals surface area (Å²) in [6.45, 7) is 2.10. The quantitative estimate of drug-likeness (QED) is 0.607. The number of thiol groups is 1. The number of alkyl halides is 3. The first-order chi connectivity index (χ1) is 12.3. The van der Waals surface area contributed by atoms with Crippen LogP contribution in [-0.2, 0) is 6.18 Å². The highest BCUT2D eigenvalue weighted by atomic mass is 32.2. The molecular formula is C16H13F3N4OS2. The number of pyridine rings is 1. The van der Waals surface area contributed by atoms with E-state index in [9.17, 15) is 18.0 Å². The summed E-state index contributed by atoms with van der Waals surface area (Å²) in [6, 6.07) is 7.16. The van der Waals surface area contributed by atoms with E-state index in [1.165, 1.54) is 28.4 Å². The van der Waals surface area contributed by atoms with Crippen molar-refractivity contribution in [3.05, 3.63) is 42.0 Å². The molecule has 0 fully saturated rings. The molecule has 2 aromatic heterocycles. The van der Waals surface area contributed by atoms with Crippen LogP contribution in [0, 0.1) is 0 Å². The van der Waals surface area contributed by atoms with Gasteiger partial charge in [-0.1, -0.05) is 11.3 Å². The number of fused-ring (bicyclic) bond motifs is 1. The Morgan fingerprint density at radius 1 is 1.19 bits per heavy atom. The minimum absolute atomic E-state index is 0.262. The molecule has 2 amide bonds. The number of anilines is 2. The van der Waals surface area contributed by atoms with E-state index >= 15 is 0 Å². The number of carbonyl (C=O) groups excluding carboxylic acids is 1. The molecule has 0 bridgehead atoms. The Kier molecular flexibility index (Phi) is 5.05. The van der Waals surface area contributed by atoms with E-state index in [2.05, 4.69) is 27.9 Å². The highest BCUT2D eigenvalue weighted by Crippen LogP contribution is 2.30. The third-order valence-corrected chi connectivity index (χ3v) is 4.67. The lowest BCUT2D eigenvalue weighted by Gasteiger charge is -2.20. The van der Waals surface area contributed by atoms with E-state index in [0.29, 0.717) is 27.0 Å². The van der Waals surface area contributed by atoms with Crippen molar-refractivity contribution in [2.75, 3.05) is 16.8 Å². The third-order valence-electron chi connectivity index (χ3n) is 3.53. The van der Waals surface area contributed by atoms with E-state index in [4.69, 9.17) is 0 Å². The number of halogens is 3. The molecule has 0 saturated heterocycles. The van der Waals surface area contributed by atoms with Gasteiger partial charge in [-0.15, -0.1) is 12.6 Å². The topological polar surface area (TPSA) is 58.1 Å². The molecule has 1 aromatic carbocycles. The summed E-state index contributed by atoms with van der Waals surface area (Å²) in [7, 11) is 0. The lowest BCUT2D eigenvalue weighted by atomic mass is 10.2. The molecule has 0 aliphatic carbocycles. The van der Waals surface area contributed by atoms with Gasteiger partial charge < -0.3 is 5.32 Å². The van der Waals surface area contributed by atoms with Crippen molar-refractivity contribution in [3.63, 3.8) is 0 Å². The van der Waals surface area contributed by atoms with Crippen LogP contribution in [0.15, 0.2) is 40.7 Å². The predicted molar refractivity (Wildman–Crippen MR) is 98.1 cm³/mol. The van der Waals surface area contributed by atoms with Crippen molar-refractivity contribution in [1.82, 2.24) is 9.97 Å². The molecule has 0 spiro atoms. The normalized spacial score (nSPS) is 11.6. The van der Waals surface area contributed by atoms with Crippen molar-refractivity contribution < 1.29 is 18.0 Å². The number of urea groups is 1. The molecule has 2 heterocycles. The summed E-state index contributed by atoms with van der Waals surface area (Å²) in [5.41, 5.74) is 0.170. The summed E-state index contributed by atoms with van der Waals surface area (Å²) in [5.74, 6) is 0.418. The number of thiazole rings is 1. The summed E-state index contributed by atoms with van der Waals surface area (Å²) in [6.07, 6.45) is -4.42. The van der Waals surface area contributed by atoms with Gasteiger partial charge in [0.05, 0.1) is 5.56 Å². The van der Waals surface area contributed by atoms with Gasteiger partial charge in [0, 0.05) is 12.2 Å². The third kappa shape index (κ3) is 3.91. The minimum atomic E-state index is -4.42. The zero-order valence-electron chi connectivity index (χ0n) is 13.4. The van der Waals surface area contributed by atoms with Crippen LogP contribution in [-0.4, -0.2) is 22.5 Å². The molecule has 0 radical (unpaired) electrons. The molecule has 136 valence electrons. The number of rotatable bonds is 3. The van der Waals surface area contributed by atoms with Gasteiger partial charge in [-0.05, 0) is 43.3 Å². The second kappa shape index (κ2) is 7.12. The fraction of sp³-hybridized carbons (Fsp3) is 0.188. The van der Waals surface area contributed by atoms with E-state index in [-0.39, 0.29) is 5.69 Å². The summed E-state index contributed by atoms with van der Waals surface area (Å²) in [5, 5.41) is 2.58. The Morgan fingerprint density at radius 3 is 2.50 bits per heavy atom. The first-order valence-corrected chi connectivity index (χ1v) is 8.76. The fourth-order valence-corrected chi connectivity index (χ4v) is 3.33. The summed E-state index contributed by atoms with van der Waals surface area (Å²) < 4.78 is 38.4. The minimum Gasteiger partial charge on any atom is -0.308 e. The zero-order chi connectivity index (χ0) is 18.9. The molecule has 3 aromatic rings. The van der Waals surface area contributed by atoms with Gasteiger partial charge >= 0.3 is 12.2 Å². The number of carbonyl (C=O) groups is 1. The van der Waals surface area contributed by atoms with E-state index in [0.717, 1.165) is 12.1 Å². The number of benzene rings is 1. The second-order valence-corrected chi connectivity index (χ2v) is 6.94. The Morgan fingerprint density at radius 2 is 1.88 bits per heavy atom. The number of amides is 2. The maximum absolute atomic E-state index is 12.6. The molecule has 0 aliphatic rings. The van der Waals surface area contributed by atoms with Crippen LogP contribution in [0.1, 0.15) is 12.5 Å². The molecule has 3 rings (SSSR count). The van der Waals surface area contributed by atoms with Crippen LogP contribution in [0.3, 0.4) is 0 Å². The van der Waals surface area contributed by atoms with Gasteiger partial charge in [0.1, 0.15) is 20.5 Å². The van der Waals surface area contributed by atoms with Crippen LogP contribution in [0.2, 0.25) is 0 Å². The lowest BCUT2D eigenvalue weighted by Crippen LogP contribution is -2.35. The van der Waals surface area contributed by atoms with Crippen LogP contribution in [0.4, 0.5) is 29.5 Å². The van der Waals surface area contributed by atoms with Crippen LogP contribution >= 0.6 is 24.0 Å². The molecule has 1 N–H and O–H groups in total. The van der Waals surface area contributed by atoms with Crippen molar-refractivity contribution >= 4 is 51.8 Å². The number of nitrogens with zero attached hydrogens (tertiary/aromatic N) is 3. The molecule has 0 aliphatic heterocycles. The summed E-state index contributed by atoms with van der Waals surface area (Å²) >= 11 is 5.47. The average Bonchev–Trinajstić information content (AvgIpc) is 2.94. The van der Waals surface area contributed by atoms with Gasteiger partial charge in [-0.3, -0.25) is 4.90 Å². The Bertz CT molecular complexity index is 941. The van der Waals surface area contributed by atoms with Gasteiger partial charge in [-0.2, -0.15) is 13.2 Å². The Labute approximate surface area is 156 Å². The SMILES string of the molecule is CCN(C(=O)Nc1ccc(C(F)(F)F)cc1)c1ccc2nc(S)sc2n1. The van der Waals surface area contributed by atoms with Crippen molar-refractivity contribution in [2.45, 2.75) is 17.4 Å². The number of hydrogen-bond acceptors (Lipinski definition) is 5. The van der Waals surface area contributed by atoms with Crippen molar-refractivity contribution in [1.29, 1.82) is 0 Å². The monoisotopic (exact) mass is 398 g/mol. The Balaban J connectivity index is 1.79. The van der Waals surface area contributed by atoms with Crippen molar-refractivity contribution in [2.24, 2.45) is 0 Å². The number of aromatic nitrogens is 2. The van der Waals surface area contributed by atoms with E-state index in [1.54, 1.807) is 19.1 Å². The van der Waals surface area contributed by atoms with Crippen LogP contribution in [0.5, 0.6) is 0 Å². The highest BCUT2D eigenvalue weighted by molar-refractivity contribution is 7.82. The number of nitrogens with one attached hydrogen (secondary N) is 1. The maximum atomic E-state index is 12.6. The zero-order valence-corrected chi connectivity index (χ0v) is 15.1. The molecule has 0 atom stereocenters. The van der Waals surface area contributed by atoms with Gasteiger partial charge in [0.15, 0.2) is 0 Å². The van der Waals surface area contributed by atoms with Crippen molar-refractivity contribution in [3.8, 4) is 0 Å². The van der Waals surface area contributed by atoms with Crippen LogP contribution in [0.25, 0.3) is 10.3 Å². The summed E-state index contributed by atoms with van der Waals surface area (Å²) in [4.78, 5) is 23.1. The smallest absolute Gasteiger partial charge is 0.308 e. The average molecular weight is 398 g/mol. The molecule has 26 heavy (non-hydrogen) atoms. The first kappa shape index (κ1) is 18.5. The maximum Gasteiger partial charge on any atom is 0.416 e. The van der Waals surface area contributed by atoms with Crippen LogP contribution < -0.4 is 10.2 Å². The van der Waals surface area contributed by atoms with Gasteiger partial charge in [0.25, 0.3) is 0 Å². The largest absolute Gasteiger partial charge is 0.416 e. The van der Waals surface area contributed by atoms with E-state index < -0.39 is 17.8 Å². The Hall–Kier alpha value is -2.33. The fourth-order valence-electron chi connectivity index (χ4n) is 2.29. The molecular weight excluding hydrogens is 385 g/mol. The lowest BCUT2D eigenvalue weighted by molar-refractivity contribution is -0.137. The molecule has 0 saturated carbocycles. The molecule has 10 heteroatoms. The predicted octanol–water partition coefficient (Wildman–Crippen LogP) is 5.06. The van der Waals surface area contributed by atoms with Gasteiger partial charge in [-0.25, -0.2) is 14.8 Å². The first-order valence-electron chi connectivity index (χ1n) is 7.50.